The lowest BCUT2D eigenvalue weighted by molar-refractivity contribution is -0.142. The highest BCUT2D eigenvalue weighted by atomic mass is 32.1. The number of anilines is 1. The second-order valence-corrected chi connectivity index (χ2v) is 8.40. The normalized spacial score (nSPS) is 13.6. The van der Waals surface area contributed by atoms with Crippen molar-refractivity contribution >= 4 is 22.4 Å². The van der Waals surface area contributed by atoms with Crippen LogP contribution in [0.15, 0.2) is 84.9 Å². The third-order valence-corrected chi connectivity index (χ3v) is 6.43. The van der Waals surface area contributed by atoms with Crippen molar-refractivity contribution in [1.29, 1.82) is 0 Å². The molecule has 1 N–H and O–H groups in total. The van der Waals surface area contributed by atoms with Crippen LogP contribution in [0, 0.1) is 5.92 Å². The average Bonchev–Trinajstić information content (AvgIpc) is 3.19. The molecule has 1 aliphatic rings. The SMILES string of the molecule is O=C(O)C1CN(c2nc(-c3ccc(Oc4ccccc4)cc3)c(-c3ccccc3)s2)C1. The number of thiazole rings is 1. The third-order valence-electron chi connectivity index (χ3n) is 5.26. The molecule has 1 aromatic heterocycles. The van der Waals surface area contributed by atoms with Crippen molar-refractivity contribution in [2.45, 2.75) is 0 Å². The number of hydrogen-bond acceptors (Lipinski definition) is 5. The van der Waals surface area contributed by atoms with E-state index in [2.05, 4.69) is 12.1 Å². The standard InChI is InChI=1S/C25H20N2O3S/c28-24(29)19-15-27(16-19)25-26-22(23(31-25)18-7-3-1-4-8-18)17-11-13-21(14-12-17)30-20-9-5-2-6-10-20/h1-14,19H,15-16H2,(H,28,29). The molecule has 0 aliphatic carbocycles. The quantitative estimate of drug-likeness (QED) is 0.421. The van der Waals surface area contributed by atoms with Gasteiger partial charge >= 0.3 is 5.97 Å². The van der Waals surface area contributed by atoms with E-state index in [-0.39, 0.29) is 5.92 Å². The minimum absolute atomic E-state index is 0.318. The highest BCUT2D eigenvalue weighted by Crippen LogP contribution is 2.42. The molecule has 0 amide bonds. The van der Waals surface area contributed by atoms with E-state index in [9.17, 15) is 9.90 Å². The molecule has 5 nitrogen and oxygen atoms in total. The number of benzene rings is 3. The van der Waals surface area contributed by atoms with Crippen molar-refractivity contribution in [2.24, 2.45) is 5.92 Å². The van der Waals surface area contributed by atoms with Crippen LogP contribution < -0.4 is 9.64 Å². The lowest BCUT2D eigenvalue weighted by Gasteiger charge is -2.36. The summed E-state index contributed by atoms with van der Waals surface area (Å²) >= 11 is 1.60. The molecule has 1 aliphatic heterocycles. The Labute approximate surface area is 184 Å². The van der Waals surface area contributed by atoms with E-state index in [4.69, 9.17) is 9.72 Å². The molecule has 1 saturated heterocycles. The Morgan fingerprint density at radius 1 is 0.871 bits per heavy atom. The number of carbonyl (C=O) groups is 1. The molecule has 3 aromatic carbocycles. The molecular formula is C25H20N2O3S. The first kappa shape index (κ1) is 19.3. The molecule has 2 heterocycles. The van der Waals surface area contributed by atoms with Crippen molar-refractivity contribution in [3.05, 3.63) is 84.9 Å². The average molecular weight is 429 g/mol. The van der Waals surface area contributed by atoms with E-state index in [0.29, 0.717) is 13.1 Å². The van der Waals surface area contributed by atoms with Gasteiger partial charge < -0.3 is 14.7 Å². The van der Waals surface area contributed by atoms with Crippen LogP contribution in [0.4, 0.5) is 5.13 Å². The van der Waals surface area contributed by atoms with Gasteiger partial charge in [0.1, 0.15) is 11.5 Å². The van der Waals surface area contributed by atoms with Gasteiger partial charge in [-0.2, -0.15) is 0 Å². The number of aromatic nitrogens is 1. The maximum atomic E-state index is 11.2. The van der Waals surface area contributed by atoms with Crippen molar-refractivity contribution in [3.8, 4) is 33.2 Å². The molecule has 5 rings (SSSR count). The van der Waals surface area contributed by atoms with Crippen LogP contribution in [-0.4, -0.2) is 29.1 Å². The number of para-hydroxylation sites is 1. The topological polar surface area (TPSA) is 62.7 Å². The maximum absolute atomic E-state index is 11.2. The predicted octanol–water partition coefficient (Wildman–Crippen LogP) is 5.79. The van der Waals surface area contributed by atoms with Crippen LogP contribution >= 0.6 is 11.3 Å². The number of carboxylic acid groups (broad SMARTS) is 1. The Morgan fingerprint density at radius 3 is 2.13 bits per heavy atom. The minimum Gasteiger partial charge on any atom is -0.481 e. The van der Waals surface area contributed by atoms with Gasteiger partial charge in [0.25, 0.3) is 0 Å². The zero-order valence-electron chi connectivity index (χ0n) is 16.6. The van der Waals surface area contributed by atoms with Crippen molar-refractivity contribution in [1.82, 2.24) is 4.98 Å². The molecule has 4 aromatic rings. The number of rotatable bonds is 6. The molecule has 0 saturated carbocycles. The van der Waals surface area contributed by atoms with Crippen molar-refractivity contribution in [3.63, 3.8) is 0 Å². The minimum atomic E-state index is -0.745. The molecule has 0 radical (unpaired) electrons. The molecule has 0 spiro atoms. The summed E-state index contributed by atoms with van der Waals surface area (Å²) in [6, 6.07) is 27.8. The van der Waals surface area contributed by atoms with E-state index < -0.39 is 5.97 Å². The molecular weight excluding hydrogens is 408 g/mol. The van der Waals surface area contributed by atoms with E-state index in [1.807, 2.05) is 77.7 Å². The zero-order chi connectivity index (χ0) is 21.2. The smallest absolute Gasteiger partial charge is 0.310 e. The Hall–Kier alpha value is -3.64. The molecule has 31 heavy (non-hydrogen) atoms. The van der Waals surface area contributed by atoms with Gasteiger partial charge in [-0.3, -0.25) is 4.79 Å². The molecule has 154 valence electrons. The lowest BCUT2D eigenvalue weighted by Crippen LogP contribution is -2.50. The molecule has 0 atom stereocenters. The monoisotopic (exact) mass is 428 g/mol. The fourth-order valence-electron chi connectivity index (χ4n) is 3.52. The Morgan fingerprint density at radius 2 is 1.48 bits per heavy atom. The first-order chi connectivity index (χ1) is 15.2. The maximum Gasteiger partial charge on any atom is 0.310 e. The summed E-state index contributed by atoms with van der Waals surface area (Å²) in [6.07, 6.45) is 0. The van der Waals surface area contributed by atoms with Gasteiger partial charge in [-0.05, 0) is 42.0 Å². The predicted molar refractivity (Wildman–Crippen MR) is 123 cm³/mol. The van der Waals surface area contributed by atoms with Gasteiger partial charge in [0.15, 0.2) is 5.13 Å². The molecule has 0 bridgehead atoms. The summed E-state index contributed by atoms with van der Waals surface area (Å²) in [4.78, 5) is 19.2. The number of ether oxygens (including phenoxy) is 1. The van der Waals surface area contributed by atoms with Crippen LogP contribution in [0.5, 0.6) is 11.5 Å². The fraction of sp³-hybridized carbons (Fsp3) is 0.120. The summed E-state index contributed by atoms with van der Waals surface area (Å²) in [5.74, 6) is 0.493. The molecule has 0 unspecified atom stereocenters. The summed E-state index contributed by atoms with van der Waals surface area (Å²) in [6.45, 7) is 1.00. The number of carboxylic acids is 1. The Bertz CT molecular complexity index is 1180. The van der Waals surface area contributed by atoms with Crippen molar-refractivity contribution < 1.29 is 14.6 Å². The van der Waals surface area contributed by atoms with Crippen LogP contribution in [0.2, 0.25) is 0 Å². The van der Waals surface area contributed by atoms with E-state index in [1.165, 1.54) is 0 Å². The first-order valence-corrected chi connectivity index (χ1v) is 10.9. The first-order valence-electron chi connectivity index (χ1n) is 10.0. The lowest BCUT2D eigenvalue weighted by atomic mass is 10.0. The summed E-state index contributed by atoms with van der Waals surface area (Å²) in [5.41, 5.74) is 2.99. The summed E-state index contributed by atoms with van der Waals surface area (Å²) < 4.78 is 5.91. The third kappa shape index (κ3) is 4.02. The van der Waals surface area contributed by atoms with Crippen molar-refractivity contribution in [2.75, 3.05) is 18.0 Å². The largest absolute Gasteiger partial charge is 0.481 e. The number of aliphatic carboxylic acids is 1. The highest BCUT2D eigenvalue weighted by Gasteiger charge is 2.35. The fourth-order valence-corrected chi connectivity index (χ4v) is 4.63. The molecule has 1 fully saturated rings. The van der Waals surface area contributed by atoms with Gasteiger partial charge in [-0.25, -0.2) is 4.98 Å². The Balaban J connectivity index is 1.45. The number of nitrogens with zero attached hydrogens (tertiary/aromatic N) is 2. The Kier molecular flexibility index (Phi) is 5.14. The second-order valence-electron chi connectivity index (χ2n) is 7.42. The van der Waals surface area contributed by atoms with E-state index >= 15 is 0 Å². The zero-order valence-corrected chi connectivity index (χ0v) is 17.5. The van der Waals surface area contributed by atoms with Gasteiger partial charge in [0.05, 0.1) is 16.5 Å². The van der Waals surface area contributed by atoms with Gasteiger partial charge in [-0.15, -0.1) is 0 Å². The van der Waals surface area contributed by atoms with E-state index in [1.54, 1.807) is 11.3 Å². The summed E-state index contributed by atoms with van der Waals surface area (Å²) in [5, 5.41) is 10.0. The van der Waals surface area contributed by atoms with Crippen LogP contribution in [0.25, 0.3) is 21.7 Å². The second kappa shape index (κ2) is 8.24. The van der Waals surface area contributed by atoms with Crippen LogP contribution in [0.3, 0.4) is 0 Å². The summed E-state index contributed by atoms with van der Waals surface area (Å²) in [7, 11) is 0. The number of hydrogen-bond donors (Lipinski definition) is 1. The van der Waals surface area contributed by atoms with Gasteiger partial charge in [0, 0.05) is 18.7 Å². The highest BCUT2D eigenvalue weighted by molar-refractivity contribution is 7.19. The van der Waals surface area contributed by atoms with E-state index in [0.717, 1.165) is 38.3 Å². The van der Waals surface area contributed by atoms with Gasteiger partial charge in [0.2, 0.25) is 0 Å². The van der Waals surface area contributed by atoms with Gasteiger partial charge in [-0.1, -0.05) is 59.9 Å². The van der Waals surface area contributed by atoms with Crippen LogP contribution in [0.1, 0.15) is 0 Å². The van der Waals surface area contributed by atoms with Crippen LogP contribution in [-0.2, 0) is 4.79 Å². The molecule has 6 heteroatoms.